The van der Waals surface area contributed by atoms with Gasteiger partial charge in [-0.2, -0.15) is 0 Å². The van der Waals surface area contributed by atoms with Crippen LogP contribution in [0.1, 0.15) is 108 Å². The largest absolute Gasteiger partial charge is 0.366 e. The highest BCUT2D eigenvalue weighted by molar-refractivity contribution is 7.90. The third-order valence-electron chi connectivity index (χ3n) is 5.48. The molecule has 0 fully saturated rings. The number of carbonyl (C=O) groups excluding carboxylic acids is 1. The number of hydrogen-bond acceptors (Lipinski definition) is 4. The average molecular weight is 437 g/mol. The molecule has 0 aliphatic heterocycles. The summed E-state index contributed by atoms with van der Waals surface area (Å²) in [6.07, 6.45) is 3.25. The number of benzene rings is 1. The fourth-order valence-corrected chi connectivity index (χ4v) is 4.21. The van der Waals surface area contributed by atoms with Gasteiger partial charge in [0.1, 0.15) is 6.29 Å². The van der Waals surface area contributed by atoms with Crippen molar-refractivity contribution >= 4 is 16.1 Å². The molecule has 1 aromatic carbocycles. The molecule has 0 saturated heterocycles. The summed E-state index contributed by atoms with van der Waals surface area (Å²) < 4.78 is 29.5. The monoisotopic (exact) mass is 436 g/mol. The third kappa shape index (κ3) is 7.66. The van der Waals surface area contributed by atoms with Crippen LogP contribution in [0.3, 0.4) is 0 Å². The number of aldehydes is 1. The molecule has 0 bridgehead atoms. The van der Waals surface area contributed by atoms with Gasteiger partial charge >= 0.3 is 0 Å². The molecule has 0 aromatic heterocycles. The molecule has 0 spiro atoms. The van der Waals surface area contributed by atoms with Crippen molar-refractivity contribution in [2.75, 3.05) is 12.0 Å². The van der Waals surface area contributed by atoms with Crippen LogP contribution in [-0.2, 0) is 19.4 Å². The highest BCUT2D eigenvalue weighted by Crippen LogP contribution is 2.38. The van der Waals surface area contributed by atoms with Gasteiger partial charge in [0, 0.05) is 12.7 Å². The Labute approximate surface area is 184 Å². The minimum absolute atomic E-state index is 0.0521. The molecule has 0 aliphatic rings. The van der Waals surface area contributed by atoms with Gasteiger partial charge in [0.05, 0.1) is 18.0 Å². The van der Waals surface area contributed by atoms with E-state index in [0.29, 0.717) is 17.8 Å². The highest BCUT2D eigenvalue weighted by Gasteiger charge is 2.24. The fourth-order valence-electron chi connectivity index (χ4n) is 3.65. The molecule has 0 amide bonds. The van der Waals surface area contributed by atoms with Crippen molar-refractivity contribution in [2.24, 2.45) is 0 Å². The van der Waals surface area contributed by atoms with E-state index in [0.717, 1.165) is 11.9 Å². The highest BCUT2D eigenvalue weighted by atomic mass is 32.2. The molecule has 0 aliphatic carbocycles. The zero-order valence-electron chi connectivity index (χ0n) is 20.2. The molecule has 0 N–H and O–H groups in total. The first kappa shape index (κ1) is 26.6. The molecule has 30 heavy (non-hydrogen) atoms. The number of ether oxygens (including phenoxy) is 1. The lowest BCUT2D eigenvalue weighted by Crippen LogP contribution is -2.21. The van der Waals surface area contributed by atoms with Gasteiger partial charge in [0.15, 0.2) is 9.84 Å². The van der Waals surface area contributed by atoms with E-state index in [1.807, 2.05) is 13.8 Å². The Morgan fingerprint density at radius 2 is 1.47 bits per heavy atom. The average Bonchev–Trinajstić information content (AvgIpc) is 2.63. The van der Waals surface area contributed by atoms with Gasteiger partial charge in [-0.3, -0.25) is 0 Å². The lowest BCUT2D eigenvalue weighted by Gasteiger charge is -2.29. The van der Waals surface area contributed by atoms with Gasteiger partial charge < -0.3 is 9.53 Å². The van der Waals surface area contributed by atoms with E-state index in [1.165, 1.54) is 28.5 Å². The Balaban J connectivity index is 3.42. The van der Waals surface area contributed by atoms with Crippen molar-refractivity contribution < 1.29 is 17.9 Å². The van der Waals surface area contributed by atoms with Gasteiger partial charge in [0.2, 0.25) is 0 Å². The van der Waals surface area contributed by atoms with Crippen molar-refractivity contribution in [1.82, 2.24) is 0 Å². The summed E-state index contributed by atoms with van der Waals surface area (Å²) in [6.45, 7) is 17.1. The fraction of sp³-hybridized carbons (Fsp3) is 0.640. The first-order valence-electron chi connectivity index (χ1n) is 10.9. The molecule has 0 unspecified atom stereocenters. The quantitative estimate of drug-likeness (QED) is 0.311. The second kappa shape index (κ2) is 11.2. The van der Waals surface area contributed by atoms with Crippen LogP contribution >= 0.6 is 0 Å². The van der Waals surface area contributed by atoms with E-state index in [-0.39, 0.29) is 18.3 Å². The molecule has 5 heteroatoms. The van der Waals surface area contributed by atoms with Crippen LogP contribution in [0.4, 0.5) is 0 Å². The molecule has 170 valence electrons. The number of sulfone groups is 1. The molecule has 0 radical (unpaired) electrons. The molecular weight excluding hydrogens is 396 g/mol. The number of hydrogen-bond donors (Lipinski definition) is 0. The van der Waals surface area contributed by atoms with Crippen LogP contribution in [0.15, 0.2) is 23.8 Å². The standard InChI is InChI=1S/C25H40O4S/c1-16(2)21-14-22(17(3)4)25(23(15-21)18(5)6)20(8)29-24(10-12-26)19(7)11-13-30(9,27)28/h11-12,14-18,20,24H,10,13H2,1-9H3/b19-11-/t20-,24-/m0/s1. The molecule has 4 nitrogen and oxygen atoms in total. The van der Waals surface area contributed by atoms with Crippen LogP contribution in [0.2, 0.25) is 0 Å². The predicted octanol–water partition coefficient (Wildman–Crippen LogP) is 6.08. The summed E-state index contributed by atoms with van der Waals surface area (Å²) >= 11 is 0. The van der Waals surface area contributed by atoms with E-state index in [4.69, 9.17) is 4.74 Å². The van der Waals surface area contributed by atoms with Crippen molar-refractivity contribution in [3.63, 3.8) is 0 Å². The molecule has 1 rings (SSSR count). The zero-order chi connectivity index (χ0) is 23.2. The predicted molar refractivity (Wildman–Crippen MR) is 126 cm³/mol. The molecule has 0 saturated carbocycles. The third-order valence-corrected chi connectivity index (χ3v) is 6.25. The minimum atomic E-state index is -3.12. The molecular formula is C25H40O4S. The molecule has 1 aromatic rings. The van der Waals surface area contributed by atoms with Gasteiger partial charge in [0.25, 0.3) is 0 Å². The van der Waals surface area contributed by atoms with Gasteiger partial charge in [-0.1, -0.05) is 59.8 Å². The van der Waals surface area contributed by atoms with E-state index < -0.39 is 15.9 Å². The summed E-state index contributed by atoms with van der Waals surface area (Å²) in [5.41, 5.74) is 5.85. The maximum absolute atomic E-state index is 11.5. The summed E-state index contributed by atoms with van der Waals surface area (Å²) in [5.74, 6) is 1.07. The Morgan fingerprint density at radius 1 is 0.967 bits per heavy atom. The SMILES string of the molecule is C/C(=C/CS(C)(=O)=O)[C@H](CC=O)O[C@@H](C)c1c(C(C)C)cc(C(C)C)cc1C(C)C. The second-order valence-electron chi connectivity index (χ2n) is 9.29. The van der Waals surface area contributed by atoms with Crippen molar-refractivity contribution in [1.29, 1.82) is 0 Å². The van der Waals surface area contributed by atoms with E-state index in [9.17, 15) is 13.2 Å². The summed E-state index contributed by atoms with van der Waals surface area (Å²) in [6, 6.07) is 4.58. The molecule has 2 atom stereocenters. The summed E-state index contributed by atoms with van der Waals surface area (Å²) in [5, 5.41) is 0. The van der Waals surface area contributed by atoms with Gasteiger partial charge in [-0.15, -0.1) is 0 Å². The van der Waals surface area contributed by atoms with E-state index >= 15 is 0 Å². The zero-order valence-corrected chi connectivity index (χ0v) is 21.0. The van der Waals surface area contributed by atoms with Crippen molar-refractivity contribution in [2.45, 2.75) is 91.8 Å². The van der Waals surface area contributed by atoms with Gasteiger partial charge in [-0.05, 0) is 59.4 Å². The van der Waals surface area contributed by atoms with E-state index in [1.54, 1.807) is 6.08 Å². The van der Waals surface area contributed by atoms with Gasteiger partial charge in [-0.25, -0.2) is 8.42 Å². The second-order valence-corrected chi connectivity index (χ2v) is 11.5. The van der Waals surface area contributed by atoms with Crippen LogP contribution in [-0.4, -0.2) is 32.8 Å². The topological polar surface area (TPSA) is 60.4 Å². The van der Waals surface area contributed by atoms with Crippen LogP contribution < -0.4 is 0 Å². The van der Waals surface area contributed by atoms with Crippen LogP contribution in [0.5, 0.6) is 0 Å². The van der Waals surface area contributed by atoms with E-state index in [2.05, 4.69) is 53.7 Å². The number of rotatable bonds is 11. The maximum atomic E-state index is 11.5. The first-order valence-corrected chi connectivity index (χ1v) is 13.0. The molecule has 0 heterocycles. The lowest BCUT2D eigenvalue weighted by atomic mass is 9.82. The summed E-state index contributed by atoms with van der Waals surface area (Å²) in [7, 11) is -3.12. The number of carbonyl (C=O) groups is 1. The van der Waals surface area contributed by atoms with Crippen LogP contribution in [0.25, 0.3) is 0 Å². The minimum Gasteiger partial charge on any atom is -0.366 e. The first-order chi connectivity index (χ1) is 13.8. The van der Waals surface area contributed by atoms with Crippen molar-refractivity contribution in [3.05, 3.63) is 46.0 Å². The maximum Gasteiger partial charge on any atom is 0.151 e. The van der Waals surface area contributed by atoms with Crippen molar-refractivity contribution in [3.8, 4) is 0 Å². The summed E-state index contributed by atoms with van der Waals surface area (Å²) in [4.78, 5) is 11.3. The van der Waals surface area contributed by atoms with Crippen LogP contribution in [0, 0.1) is 0 Å². The smallest absolute Gasteiger partial charge is 0.151 e. The normalized spacial score (nSPS) is 15.1. The Kier molecular flexibility index (Phi) is 9.96. The lowest BCUT2D eigenvalue weighted by molar-refractivity contribution is -0.110. The Bertz CT molecular complexity index is 819. The Hall–Kier alpha value is -1.46. The Morgan fingerprint density at radius 3 is 1.83 bits per heavy atom.